The summed E-state index contributed by atoms with van der Waals surface area (Å²) in [6, 6.07) is 7.83. The van der Waals surface area contributed by atoms with E-state index in [-0.39, 0.29) is 16.9 Å². The molecule has 0 fully saturated rings. The molecule has 0 N–H and O–H groups in total. The second-order valence-electron chi connectivity index (χ2n) is 4.00. The van der Waals surface area contributed by atoms with Crippen LogP contribution in [0.3, 0.4) is 0 Å². The molecular formula is C11H14O2S. The van der Waals surface area contributed by atoms with Gasteiger partial charge in [0.05, 0.1) is 11.0 Å². The largest absolute Gasteiger partial charge is 0.228 e. The quantitative estimate of drug-likeness (QED) is 0.658. The number of benzene rings is 1. The van der Waals surface area contributed by atoms with Gasteiger partial charge >= 0.3 is 0 Å². The van der Waals surface area contributed by atoms with Crippen LogP contribution in [0.4, 0.5) is 0 Å². The van der Waals surface area contributed by atoms with E-state index in [0.717, 1.165) is 5.56 Å². The van der Waals surface area contributed by atoms with Crippen molar-refractivity contribution in [2.45, 2.75) is 25.0 Å². The Morgan fingerprint density at radius 2 is 1.71 bits per heavy atom. The predicted molar refractivity (Wildman–Crippen MR) is 57.1 cm³/mol. The number of fused-ring (bicyclic) bond motifs is 1. The molecule has 0 aliphatic carbocycles. The third-order valence-corrected chi connectivity index (χ3v) is 5.28. The molecule has 14 heavy (non-hydrogen) atoms. The molecule has 0 unspecified atom stereocenters. The van der Waals surface area contributed by atoms with E-state index in [4.69, 9.17) is 0 Å². The molecule has 1 aliphatic heterocycles. The van der Waals surface area contributed by atoms with Crippen molar-refractivity contribution in [2.24, 2.45) is 0 Å². The van der Waals surface area contributed by atoms with Crippen LogP contribution in [-0.4, -0.2) is 14.2 Å². The normalized spacial score (nSPS) is 29.6. The van der Waals surface area contributed by atoms with Crippen LogP contribution in [0.25, 0.3) is 0 Å². The molecule has 2 nitrogen and oxygen atoms in total. The van der Waals surface area contributed by atoms with Crippen LogP contribution in [0.5, 0.6) is 0 Å². The first-order valence-electron chi connectivity index (χ1n) is 4.83. The van der Waals surface area contributed by atoms with Gasteiger partial charge in [-0.25, -0.2) is 8.42 Å². The number of sulfone groups is 1. The molecule has 1 aliphatic rings. The zero-order valence-corrected chi connectivity index (χ0v) is 9.21. The summed E-state index contributed by atoms with van der Waals surface area (Å²) >= 11 is 0. The third-order valence-electron chi connectivity index (χ3n) is 2.99. The van der Waals surface area contributed by atoms with Crippen LogP contribution in [0.15, 0.2) is 24.3 Å². The standard InChI is InChI=1S/C11H14O2S/c1-8-7-14(12,13)9(2)11-6-4-3-5-10(8)11/h3-6,8-9H,7H2,1-2H3/t8-,9-/m0/s1. The van der Waals surface area contributed by atoms with Gasteiger partial charge in [0.2, 0.25) is 0 Å². The van der Waals surface area contributed by atoms with E-state index in [0.29, 0.717) is 0 Å². The van der Waals surface area contributed by atoms with Crippen LogP contribution in [0.2, 0.25) is 0 Å². The molecule has 0 amide bonds. The zero-order chi connectivity index (χ0) is 10.3. The average molecular weight is 210 g/mol. The van der Waals surface area contributed by atoms with Gasteiger partial charge in [-0.2, -0.15) is 0 Å². The third kappa shape index (κ3) is 1.36. The lowest BCUT2D eigenvalue weighted by molar-refractivity contribution is 0.573. The van der Waals surface area contributed by atoms with Gasteiger partial charge in [-0.1, -0.05) is 31.2 Å². The summed E-state index contributed by atoms with van der Waals surface area (Å²) in [5, 5.41) is -0.338. The summed E-state index contributed by atoms with van der Waals surface area (Å²) in [6.45, 7) is 3.75. The molecule has 76 valence electrons. The second-order valence-corrected chi connectivity index (χ2v) is 6.37. The predicted octanol–water partition coefficient (Wildman–Crippen LogP) is 2.28. The lowest BCUT2D eigenvalue weighted by Gasteiger charge is -2.27. The van der Waals surface area contributed by atoms with E-state index < -0.39 is 9.84 Å². The smallest absolute Gasteiger partial charge is 0.157 e. The fourth-order valence-corrected chi connectivity index (χ4v) is 3.87. The van der Waals surface area contributed by atoms with Crippen molar-refractivity contribution < 1.29 is 8.42 Å². The van der Waals surface area contributed by atoms with Crippen molar-refractivity contribution in [1.82, 2.24) is 0 Å². The molecule has 1 aromatic rings. The van der Waals surface area contributed by atoms with Gasteiger partial charge in [-0.3, -0.25) is 0 Å². The molecule has 0 saturated carbocycles. The summed E-state index contributed by atoms with van der Waals surface area (Å²) in [6.07, 6.45) is 0. The molecule has 0 saturated heterocycles. The fraction of sp³-hybridized carbons (Fsp3) is 0.455. The van der Waals surface area contributed by atoms with E-state index in [2.05, 4.69) is 0 Å². The summed E-state index contributed by atoms with van der Waals surface area (Å²) in [5.41, 5.74) is 2.17. The molecule has 3 heteroatoms. The lowest BCUT2D eigenvalue weighted by Crippen LogP contribution is -2.25. The van der Waals surface area contributed by atoms with Crippen molar-refractivity contribution in [3.8, 4) is 0 Å². The minimum atomic E-state index is -2.92. The van der Waals surface area contributed by atoms with E-state index in [1.807, 2.05) is 31.2 Å². The summed E-state index contributed by atoms with van der Waals surface area (Å²) < 4.78 is 23.5. The van der Waals surface area contributed by atoms with Crippen molar-refractivity contribution in [3.63, 3.8) is 0 Å². The average Bonchev–Trinajstić information content (AvgIpc) is 2.14. The van der Waals surface area contributed by atoms with Crippen LogP contribution in [-0.2, 0) is 9.84 Å². The van der Waals surface area contributed by atoms with Crippen molar-refractivity contribution in [2.75, 3.05) is 5.75 Å². The molecular weight excluding hydrogens is 196 g/mol. The SMILES string of the molecule is C[C@H]1CS(=O)(=O)[C@@H](C)c2ccccc21. The van der Waals surface area contributed by atoms with Gasteiger partial charge in [0.1, 0.15) is 0 Å². The highest BCUT2D eigenvalue weighted by Crippen LogP contribution is 2.37. The fourth-order valence-electron chi connectivity index (χ4n) is 2.11. The Morgan fingerprint density at radius 1 is 1.14 bits per heavy atom. The highest BCUT2D eigenvalue weighted by atomic mass is 32.2. The van der Waals surface area contributed by atoms with E-state index >= 15 is 0 Å². The number of hydrogen-bond acceptors (Lipinski definition) is 2. The number of rotatable bonds is 0. The van der Waals surface area contributed by atoms with Gasteiger partial charge in [0.15, 0.2) is 9.84 Å². The van der Waals surface area contributed by atoms with Crippen molar-refractivity contribution in [1.29, 1.82) is 0 Å². The molecule has 0 aromatic heterocycles. The summed E-state index contributed by atoms with van der Waals surface area (Å²) in [5.74, 6) is 0.415. The maximum Gasteiger partial charge on any atom is 0.157 e. The highest BCUT2D eigenvalue weighted by molar-refractivity contribution is 7.91. The van der Waals surface area contributed by atoms with E-state index in [1.165, 1.54) is 5.56 Å². The Bertz CT molecular complexity index is 448. The summed E-state index contributed by atoms with van der Waals surface area (Å²) in [4.78, 5) is 0. The van der Waals surface area contributed by atoms with E-state index in [1.54, 1.807) is 6.92 Å². The minimum Gasteiger partial charge on any atom is -0.228 e. The van der Waals surface area contributed by atoms with Gasteiger partial charge in [0, 0.05) is 0 Å². The first-order chi connectivity index (χ1) is 6.52. The zero-order valence-electron chi connectivity index (χ0n) is 8.40. The molecule has 1 heterocycles. The molecule has 0 bridgehead atoms. The molecule has 0 radical (unpaired) electrons. The van der Waals surface area contributed by atoms with E-state index in [9.17, 15) is 8.42 Å². The Hall–Kier alpha value is -0.830. The number of hydrogen-bond donors (Lipinski definition) is 0. The van der Waals surface area contributed by atoms with Crippen LogP contribution in [0.1, 0.15) is 36.1 Å². The van der Waals surface area contributed by atoms with Gasteiger partial charge in [-0.15, -0.1) is 0 Å². The highest BCUT2D eigenvalue weighted by Gasteiger charge is 2.33. The van der Waals surface area contributed by atoms with Gasteiger partial charge in [-0.05, 0) is 24.0 Å². The van der Waals surface area contributed by atoms with Crippen LogP contribution >= 0.6 is 0 Å². The lowest BCUT2D eigenvalue weighted by atomic mass is 9.95. The van der Waals surface area contributed by atoms with Crippen molar-refractivity contribution in [3.05, 3.63) is 35.4 Å². The Balaban J connectivity index is 2.63. The molecule has 1 aromatic carbocycles. The first-order valence-corrected chi connectivity index (χ1v) is 6.54. The Morgan fingerprint density at radius 3 is 2.36 bits per heavy atom. The van der Waals surface area contributed by atoms with Crippen LogP contribution in [0, 0.1) is 0 Å². The van der Waals surface area contributed by atoms with Crippen LogP contribution < -0.4 is 0 Å². The van der Waals surface area contributed by atoms with Gasteiger partial charge in [0.25, 0.3) is 0 Å². The second kappa shape index (κ2) is 3.09. The molecule has 2 atom stereocenters. The van der Waals surface area contributed by atoms with Gasteiger partial charge < -0.3 is 0 Å². The Labute approximate surface area is 84.9 Å². The molecule has 2 rings (SSSR count). The Kier molecular flexibility index (Phi) is 2.14. The minimum absolute atomic E-state index is 0.132. The first kappa shape index (κ1) is 9.71. The topological polar surface area (TPSA) is 34.1 Å². The molecule has 0 spiro atoms. The summed E-state index contributed by atoms with van der Waals surface area (Å²) in [7, 11) is -2.92. The maximum absolute atomic E-state index is 11.8. The van der Waals surface area contributed by atoms with Crippen molar-refractivity contribution >= 4 is 9.84 Å². The maximum atomic E-state index is 11.8. The monoisotopic (exact) mass is 210 g/mol.